The van der Waals surface area contributed by atoms with Gasteiger partial charge in [-0.1, -0.05) is 12.8 Å². The third-order valence-corrected chi connectivity index (χ3v) is 7.07. The normalized spacial score (nSPS) is 24.5. The molecule has 2 aliphatic heterocycles. The minimum absolute atomic E-state index is 0.00678. The summed E-state index contributed by atoms with van der Waals surface area (Å²) >= 11 is 0. The Labute approximate surface area is 196 Å². The molecule has 2 saturated heterocycles. The molecule has 0 unspecified atom stereocenters. The maximum absolute atomic E-state index is 13.2. The lowest BCUT2D eigenvalue weighted by Gasteiger charge is -2.19. The predicted molar refractivity (Wildman–Crippen MR) is 122 cm³/mol. The average molecular weight is 464 g/mol. The summed E-state index contributed by atoms with van der Waals surface area (Å²) in [6.07, 6.45) is 3.42. The van der Waals surface area contributed by atoms with Crippen LogP contribution >= 0.6 is 0 Å². The molecule has 2 aromatic rings. The van der Waals surface area contributed by atoms with Crippen molar-refractivity contribution < 1.29 is 28.3 Å². The lowest BCUT2D eigenvalue weighted by Crippen LogP contribution is -2.31. The van der Waals surface area contributed by atoms with Crippen molar-refractivity contribution in [1.29, 1.82) is 0 Å². The third-order valence-electron chi connectivity index (χ3n) is 7.07. The molecule has 3 amide bonds. The number of hydrogen-bond acceptors (Lipinski definition) is 5. The number of rotatable bonds is 4. The maximum atomic E-state index is 13.2. The lowest BCUT2D eigenvalue weighted by molar-refractivity contribution is -0.139. The Kier molecular flexibility index (Phi) is 5.67. The summed E-state index contributed by atoms with van der Waals surface area (Å²) in [5, 5.41) is 0. The van der Waals surface area contributed by atoms with E-state index in [1.807, 2.05) is 0 Å². The highest BCUT2D eigenvalue weighted by atomic mass is 19.1. The topological polar surface area (TPSA) is 84.0 Å². The zero-order chi connectivity index (χ0) is 24.0. The van der Waals surface area contributed by atoms with Gasteiger partial charge in [-0.05, 0) is 67.8 Å². The van der Waals surface area contributed by atoms with E-state index in [2.05, 4.69) is 0 Å². The highest BCUT2D eigenvalue weighted by Gasteiger charge is 2.49. The third kappa shape index (κ3) is 3.87. The van der Waals surface area contributed by atoms with Crippen LogP contribution in [-0.2, 0) is 19.2 Å². The first-order chi connectivity index (χ1) is 16.3. The van der Waals surface area contributed by atoms with Crippen molar-refractivity contribution in [3.8, 4) is 5.75 Å². The van der Waals surface area contributed by atoms with Gasteiger partial charge in [0.05, 0.1) is 23.4 Å². The number of fused-ring (bicyclic) bond motifs is 1. The fraction of sp³-hybridized carbons (Fsp3) is 0.385. The van der Waals surface area contributed by atoms with Crippen LogP contribution in [0.1, 0.15) is 37.7 Å². The standard InChI is InChI=1S/C26H25FN2O5/c1-15-12-19(10-11-22(15)29-24(31)20-4-2-3-5-21(20)25(29)32)34-26(33)16-13-23(30)28(14-16)18-8-6-17(27)7-9-18/h6-12,16,20-21H,2-5,13-14H2,1H3/t16-,20-,21-/m1/s1. The van der Waals surface area contributed by atoms with Gasteiger partial charge in [0.1, 0.15) is 11.6 Å². The molecular formula is C26H25FN2O5. The van der Waals surface area contributed by atoms with Gasteiger partial charge in [-0.2, -0.15) is 0 Å². The second-order valence-corrected chi connectivity index (χ2v) is 9.26. The van der Waals surface area contributed by atoms with Gasteiger partial charge >= 0.3 is 5.97 Å². The molecular weight excluding hydrogens is 439 g/mol. The van der Waals surface area contributed by atoms with E-state index in [-0.39, 0.29) is 48.3 Å². The molecule has 3 atom stereocenters. The van der Waals surface area contributed by atoms with Crippen LogP contribution in [0.15, 0.2) is 42.5 Å². The summed E-state index contributed by atoms with van der Waals surface area (Å²) in [4.78, 5) is 53.7. The van der Waals surface area contributed by atoms with Crippen molar-refractivity contribution in [2.45, 2.75) is 39.0 Å². The van der Waals surface area contributed by atoms with Crippen LogP contribution in [0.5, 0.6) is 5.75 Å². The average Bonchev–Trinajstić information content (AvgIpc) is 3.33. The van der Waals surface area contributed by atoms with Crippen molar-refractivity contribution >= 4 is 35.1 Å². The largest absolute Gasteiger partial charge is 0.426 e. The van der Waals surface area contributed by atoms with Crippen molar-refractivity contribution in [3.63, 3.8) is 0 Å². The van der Waals surface area contributed by atoms with Gasteiger partial charge in [0, 0.05) is 18.7 Å². The number of esters is 1. The summed E-state index contributed by atoms with van der Waals surface area (Å²) in [5.74, 6) is -2.29. The van der Waals surface area contributed by atoms with Gasteiger partial charge in [0.25, 0.3) is 0 Å². The molecule has 8 heteroatoms. The number of benzene rings is 2. The van der Waals surface area contributed by atoms with Crippen LogP contribution in [0.2, 0.25) is 0 Å². The smallest absolute Gasteiger partial charge is 0.316 e. The molecule has 2 aromatic carbocycles. The maximum Gasteiger partial charge on any atom is 0.316 e. The number of halogens is 1. The Morgan fingerprint density at radius 1 is 0.971 bits per heavy atom. The van der Waals surface area contributed by atoms with Crippen molar-refractivity contribution in [3.05, 3.63) is 53.8 Å². The number of amides is 3. The highest BCUT2D eigenvalue weighted by molar-refractivity contribution is 6.22. The summed E-state index contributed by atoms with van der Waals surface area (Å²) < 4.78 is 18.7. The van der Waals surface area contributed by atoms with Gasteiger partial charge in [-0.25, -0.2) is 9.29 Å². The molecule has 1 saturated carbocycles. The molecule has 0 spiro atoms. The second-order valence-electron chi connectivity index (χ2n) is 9.26. The molecule has 34 heavy (non-hydrogen) atoms. The Morgan fingerprint density at radius 2 is 1.62 bits per heavy atom. The van der Waals surface area contributed by atoms with E-state index in [0.717, 1.165) is 25.7 Å². The summed E-state index contributed by atoms with van der Waals surface area (Å²) in [7, 11) is 0. The van der Waals surface area contributed by atoms with E-state index in [4.69, 9.17) is 4.74 Å². The monoisotopic (exact) mass is 464 g/mol. The molecule has 3 aliphatic rings. The molecule has 176 valence electrons. The molecule has 7 nitrogen and oxygen atoms in total. The van der Waals surface area contributed by atoms with Gasteiger partial charge in [0.15, 0.2) is 0 Å². The SMILES string of the molecule is Cc1cc(OC(=O)[C@@H]2CC(=O)N(c3ccc(F)cc3)C2)ccc1N1C(=O)[C@@H]2CCCC[C@H]2C1=O. The van der Waals surface area contributed by atoms with Crippen LogP contribution in [0.25, 0.3) is 0 Å². The van der Waals surface area contributed by atoms with Crippen LogP contribution in [0.3, 0.4) is 0 Å². The van der Waals surface area contributed by atoms with Gasteiger partial charge in [-0.15, -0.1) is 0 Å². The number of aryl methyl sites for hydroxylation is 1. The Hall–Kier alpha value is -3.55. The van der Waals surface area contributed by atoms with E-state index in [0.29, 0.717) is 16.9 Å². The van der Waals surface area contributed by atoms with E-state index in [9.17, 15) is 23.6 Å². The summed E-state index contributed by atoms with van der Waals surface area (Å²) in [6.45, 7) is 1.92. The Balaban J connectivity index is 1.28. The molecule has 0 radical (unpaired) electrons. The Morgan fingerprint density at radius 3 is 2.24 bits per heavy atom. The Bertz CT molecular complexity index is 1150. The lowest BCUT2D eigenvalue weighted by atomic mass is 9.81. The minimum atomic E-state index is -0.651. The zero-order valence-corrected chi connectivity index (χ0v) is 18.8. The van der Waals surface area contributed by atoms with Gasteiger partial charge < -0.3 is 9.64 Å². The first-order valence-electron chi connectivity index (χ1n) is 11.6. The zero-order valence-electron chi connectivity index (χ0n) is 18.8. The number of ether oxygens (including phenoxy) is 1. The molecule has 5 rings (SSSR count). The first kappa shape index (κ1) is 22.3. The molecule has 1 aliphatic carbocycles. The molecule has 0 aromatic heterocycles. The fourth-order valence-electron chi connectivity index (χ4n) is 5.28. The first-order valence-corrected chi connectivity index (χ1v) is 11.6. The number of anilines is 2. The highest BCUT2D eigenvalue weighted by Crippen LogP contribution is 2.41. The number of carbonyl (C=O) groups excluding carboxylic acids is 4. The van der Waals surface area contributed by atoms with Crippen molar-refractivity contribution in [1.82, 2.24) is 0 Å². The second kappa shape index (κ2) is 8.66. The number of imide groups is 1. The predicted octanol–water partition coefficient (Wildman–Crippen LogP) is 3.77. The molecule has 0 N–H and O–H groups in total. The molecule has 2 heterocycles. The van der Waals surface area contributed by atoms with Crippen LogP contribution < -0.4 is 14.5 Å². The fourth-order valence-corrected chi connectivity index (χ4v) is 5.28. The quantitative estimate of drug-likeness (QED) is 0.391. The van der Waals surface area contributed by atoms with Gasteiger partial charge in [-0.3, -0.25) is 19.2 Å². The van der Waals surface area contributed by atoms with Crippen LogP contribution in [0, 0.1) is 30.5 Å². The summed E-state index contributed by atoms with van der Waals surface area (Å²) in [6, 6.07) is 10.4. The molecule has 0 bridgehead atoms. The van der Waals surface area contributed by atoms with E-state index in [1.165, 1.54) is 34.1 Å². The number of nitrogens with zero attached hydrogens (tertiary/aromatic N) is 2. The van der Waals surface area contributed by atoms with E-state index in [1.54, 1.807) is 25.1 Å². The minimum Gasteiger partial charge on any atom is -0.426 e. The van der Waals surface area contributed by atoms with E-state index >= 15 is 0 Å². The number of carbonyl (C=O) groups is 4. The molecule has 3 fully saturated rings. The van der Waals surface area contributed by atoms with E-state index < -0.39 is 17.7 Å². The van der Waals surface area contributed by atoms with Gasteiger partial charge in [0.2, 0.25) is 17.7 Å². The van der Waals surface area contributed by atoms with Crippen LogP contribution in [-0.4, -0.2) is 30.2 Å². The summed E-state index contributed by atoms with van der Waals surface area (Å²) in [5.41, 5.74) is 1.70. The number of hydrogen-bond donors (Lipinski definition) is 0. The van der Waals surface area contributed by atoms with Crippen molar-refractivity contribution in [2.75, 3.05) is 16.3 Å². The van der Waals surface area contributed by atoms with Crippen molar-refractivity contribution in [2.24, 2.45) is 17.8 Å². The van der Waals surface area contributed by atoms with Crippen LogP contribution in [0.4, 0.5) is 15.8 Å².